The van der Waals surface area contributed by atoms with E-state index in [4.69, 9.17) is 4.74 Å². The summed E-state index contributed by atoms with van der Waals surface area (Å²) in [6.07, 6.45) is 2.90. The Labute approximate surface area is 139 Å². The second-order valence-electron chi connectivity index (χ2n) is 5.56. The van der Waals surface area contributed by atoms with Gasteiger partial charge in [-0.15, -0.1) is 0 Å². The Hall–Kier alpha value is -2.83. The molecule has 0 saturated carbocycles. The van der Waals surface area contributed by atoms with Crippen molar-refractivity contribution in [2.24, 2.45) is 0 Å². The second-order valence-corrected chi connectivity index (χ2v) is 5.56. The average Bonchev–Trinajstić information content (AvgIpc) is 2.53. The lowest BCUT2D eigenvalue weighted by Crippen LogP contribution is -2.43. The smallest absolute Gasteiger partial charge is 0.320 e. The van der Waals surface area contributed by atoms with Crippen molar-refractivity contribution in [2.75, 3.05) is 6.61 Å². The molecule has 0 atom stereocenters. The molecule has 1 aromatic heterocycles. The summed E-state index contributed by atoms with van der Waals surface area (Å²) < 4.78 is 7.69. The maximum Gasteiger partial charge on any atom is 0.320 e. The molecular formula is C17H21N3O4. The molecular weight excluding hydrogens is 310 g/mol. The monoisotopic (exact) mass is 331 g/mol. The highest BCUT2D eigenvalue weighted by atomic mass is 16.5. The van der Waals surface area contributed by atoms with Crippen molar-refractivity contribution in [3.8, 4) is 11.4 Å². The molecule has 7 nitrogen and oxygen atoms in total. The Morgan fingerprint density at radius 3 is 2.38 bits per heavy atom. The van der Waals surface area contributed by atoms with Gasteiger partial charge in [0, 0.05) is 24.1 Å². The highest BCUT2D eigenvalue weighted by molar-refractivity contribution is 5.75. The molecule has 7 heteroatoms. The highest BCUT2D eigenvalue weighted by Gasteiger charge is 2.10. The summed E-state index contributed by atoms with van der Waals surface area (Å²) in [5, 5.41) is 2.68. The highest BCUT2D eigenvalue weighted by Crippen LogP contribution is 2.13. The van der Waals surface area contributed by atoms with Gasteiger partial charge in [0.15, 0.2) is 0 Å². The first-order valence-electron chi connectivity index (χ1n) is 7.77. The first kappa shape index (κ1) is 17.5. The predicted molar refractivity (Wildman–Crippen MR) is 90.7 cm³/mol. The van der Waals surface area contributed by atoms with Gasteiger partial charge in [-0.25, -0.2) is 0 Å². The Bertz CT molecular complexity index is 819. The van der Waals surface area contributed by atoms with Crippen molar-refractivity contribution in [1.82, 2.24) is 14.5 Å². The minimum absolute atomic E-state index is 0.0302. The van der Waals surface area contributed by atoms with Crippen LogP contribution in [0.25, 0.3) is 5.69 Å². The quantitative estimate of drug-likeness (QED) is 0.798. The number of nitrogens with one attached hydrogen (secondary N) is 1. The lowest BCUT2D eigenvalue weighted by molar-refractivity contribution is -0.122. The van der Waals surface area contributed by atoms with E-state index in [9.17, 15) is 14.4 Å². The molecule has 0 aliphatic carbocycles. The van der Waals surface area contributed by atoms with E-state index in [1.54, 1.807) is 24.3 Å². The topological polar surface area (TPSA) is 82.3 Å². The Kier molecular flexibility index (Phi) is 5.57. The number of rotatable bonds is 6. The molecule has 128 valence electrons. The number of carbonyl (C=O) groups is 1. The van der Waals surface area contributed by atoms with Crippen LogP contribution in [-0.4, -0.2) is 27.7 Å². The maximum absolute atomic E-state index is 12.3. The normalized spacial score (nSPS) is 10.7. The van der Waals surface area contributed by atoms with Gasteiger partial charge in [-0.05, 0) is 45.0 Å². The summed E-state index contributed by atoms with van der Waals surface area (Å²) in [6, 6.07) is 6.82. The number of nitrogens with zero attached hydrogens (tertiary/aromatic N) is 2. The molecule has 0 fully saturated rings. The molecule has 1 N–H and O–H groups in total. The summed E-state index contributed by atoms with van der Waals surface area (Å²) >= 11 is 0. The summed E-state index contributed by atoms with van der Waals surface area (Å²) in [6.45, 7) is 5.90. The molecule has 2 rings (SSSR count). The fourth-order valence-corrected chi connectivity index (χ4v) is 2.23. The van der Waals surface area contributed by atoms with Crippen LogP contribution >= 0.6 is 0 Å². The summed E-state index contributed by atoms with van der Waals surface area (Å²) in [4.78, 5) is 36.2. The van der Waals surface area contributed by atoms with Crippen LogP contribution in [-0.2, 0) is 11.3 Å². The number of hydrogen-bond acceptors (Lipinski definition) is 4. The van der Waals surface area contributed by atoms with Crippen molar-refractivity contribution >= 4 is 5.91 Å². The van der Waals surface area contributed by atoms with Crippen molar-refractivity contribution in [1.29, 1.82) is 0 Å². The fourth-order valence-electron chi connectivity index (χ4n) is 2.23. The zero-order chi connectivity index (χ0) is 17.7. The van der Waals surface area contributed by atoms with Crippen LogP contribution in [0.3, 0.4) is 0 Å². The third kappa shape index (κ3) is 4.13. The molecule has 0 aliphatic rings. The lowest BCUT2D eigenvalue weighted by atomic mass is 10.3. The van der Waals surface area contributed by atoms with Gasteiger partial charge in [-0.2, -0.15) is 0 Å². The van der Waals surface area contributed by atoms with Crippen molar-refractivity contribution in [2.45, 2.75) is 33.4 Å². The zero-order valence-electron chi connectivity index (χ0n) is 14.0. The zero-order valence-corrected chi connectivity index (χ0v) is 14.0. The molecule has 0 radical (unpaired) electrons. The molecule has 0 unspecified atom stereocenters. The number of hydrogen-bond donors (Lipinski definition) is 1. The van der Waals surface area contributed by atoms with Crippen LogP contribution in [0.15, 0.2) is 46.2 Å². The molecule has 1 aromatic carbocycles. The number of aromatic nitrogens is 2. The van der Waals surface area contributed by atoms with Gasteiger partial charge in [-0.1, -0.05) is 0 Å². The van der Waals surface area contributed by atoms with Crippen LogP contribution in [0, 0.1) is 0 Å². The van der Waals surface area contributed by atoms with Gasteiger partial charge in [0.25, 0.3) is 0 Å². The summed E-state index contributed by atoms with van der Waals surface area (Å²) in [5.74, 6) is 0.373. The van der Waals surface area contributed by atoms with Gasteiger partial charge >= 0.3 is 11.1 Å². The van der Waals surface area contributed by atoms with Crippen molar-refractivity contribution < 1.29 is 9.53 Å². The number of benzene rings is 1. The summed E-state index contributed by atoms with van der Waals surface area (Å²) in [5.41, 5.74) is -0.899. The van der Waals surface area contributed by atoms with E-state index in [2.05, 4.69) is 5.32 Å². The van der Waals surface area contributed by atoms with Crippen LogP contribution in [0.1, 0.15) is 20.8 Å². The van der Waals surface area contributed by atoms with E-state index in [0.29, 0.717) is 18.0 Å². The summed E-state index contributed by atoms with van der Waals surface area (Å²) in [7, 11) is 0. The first-order valence-corrected chi connectivity index (χ1v) is 7.77. The van der Waals surface area contributed by atoms with E-state index in [0.717, 1.165) is 4.57 Å². The average molecular weight is 331 g/mol. The van der Waals surface area contributed by atoms with Crippen molar-refractivity contribution in [3.05, 3.63) is 57.4 Å². The minimum Gasteiger partial charge on any atom is -0.494 e. The van der Waals surface area contributed by atoms with Crippen molar-refractivity contribution in [3.63, 3.8) is 0 Å². The molecule has 1 amide bonds. The molecule has 0 saturated heterocycles. The van der Waals surface area contributed by atoms with E-state index in [-0.39, 0.29) is 18.5 Å². The third-order valence-electron chi connectivity index (χ3n) is 3.25. The number of amides is 1. The molecule has 24 heavy (non-hydrogen) atoms. The van der Waals surface area contributed by atoms with Gasteiger partial charge in [-0.3, -0.25) is 23.5 Å². The Balaban J connectivity index is 2.28. The fraction of sp³-hybridized carbons (Fsp3) is 0.353. The predicted octanol–water partition coefficient (Wildman–Crippen LogP) is 0.922. The molecule has 2 aromatic rings. The largest absolute Gasteiger partial charge is 0.494 e. The van der Waals surface area contributed by atoms with E-state index in [1.165, 1.54) is 17.0 Å². The third-order valence-corrected chi connectivity index (χ3v) is 3.25. The molecule has 0 spiro atoms. The standard InChI is InChI=1S/C17H21N3O4/c1-4-24-14-7-5-13(6-8-14)20-10-9-19(16(22)17(20)23)11-15(21)18-12(2)3/h5-10,12H,4,11H2,1-3H3,(H,18,21). The molecule has 1 heterocycles. The number of ether oxygens (including phenoxy) is 1. The van der Waals surface area contributed by atoms with E-state index < -0.39 is 11.1 Å². The van der Waals surface area contributed by atoms with Crippen LogP contribution in [0.5, 0.6) is 5.75 Å². The van der Waals surface area contributed by atoms with Crippen LogP contribution in [0.4, 0.5) is 0 Å². The molecule has 0 bridgehead atoms. The van der Waals surface area contributed by atoms with Gasteiger partial charge < -0.3 is 10.1 Å². The van der Waals surface area contributed by atoms with Gasteiger partial charge in [0.05, 0.1) is 6.61 Å². The lowest BCUT2D eigenvalue weighted by Gasteiger charge is -2.11. The van der Waals surface area contributed by atoms with E-state index in [1.807, 2.05) is 20.8 Å². The SMILES string of the molecule is CCOc1ccc(-n2ccn(CC(=O)NC(C)C)c(=O)c2=O)cc1. The van der Waals surface area contributed by atoms with E-state index >= 15 is 0 Å². The number of carbonyl (C=O) groups excluding carboxylic acids is 1. The minimum atomic E-state index is -0.745. The second kappa shape index (κ2) is 7.63. The van der Waals surface area contributed by atoms with Crippen LogP contribution in [0.2, 0.25) is 0 Å². The molecule has 0 aliphatic heterocycles. The van der Waals surface area contributed by atoms with Crippen LogP contribution < -0.4 is 21.2 Å². The Morgan fingerprint density at radius 2 is 1.79 bits per heavy atom. The first-order chi connectivity index (χ1) is 11.4. The van der Waals surface area contributed by atoms with Gasteiger partial charge in [0.1, 0.15) is 12.3 Å². The Morgan fingerprint density at radius 1 is 1.12 bits per heavy atom. The van der Waals surface area contributed by atoms with Gasteiger partial charge in [0.2, 0.25) is 5.91 Å². The maximum atomic E-state index is 12.3.